The summed E-state index contributed by atoms with van der Waals surface area (Å²) in [5, 5.41) is 18.5. The van der Waals surface area contributed by atoms with Gasteiger partial charge < -0.3 is 10.2 Å². The lowest BCUT2D eigenvalue weighted by Gasteiger charge is -2.04. The Balaban J connectivity index is 3.56. The predicted octanol–water partition coefficient (Wildman–Crippen LogP) is 1.49. The van der Waals surface area contributed by atoms with E-state index in [-0.39, 0.29) is 27.6 Å². The Morgan fingerprint density at radius 2 is 1.77 bits per heavy atom. The van der Waals surface area contributed by atoms with Crippen LogP contribution in [0.5, 0.6) is 11.5 Å². The van der Waals surface area contributed by atoms with Crippen molar-refractivity contribution in [2.45, 2.75) is 0 Å². The molecule has 1 aromatic carbocycles. The van der Waals surface area contributed by atoms with Crippen LogP contribution in [0, 0.1) is 0 Å². The Hall–Kier alpha value is -1.36. The molecule has 0 aromatic heterocycles. The SMILES string of the molecule is O=Cc1cc(Br)c(O)c(C=O)c1O. The highest BCUT2D eigenvalue weighted by atomic mass is 79.9. The van der Waals surface area contributed by atoms with Gasteiger partial charge in [-0.05, 0) is 22.0 Å². The van der Waals surface area contributed by atoms with Crippen LogP contribution in [0.15, 0.2) is 10.5 Å². The van der Waals surface area contributed by atoms with Gasteiger partial charge in [0.1, 0.15) is 11.5 Å². The zero-order valence-electron chi connectivity index (χ0n) is 6.32. The summed E-state index contributed by atoms with van der Waals surface area (Å²) in [6.07, 6.45) is 0.676. The first-order chi connectivity index (χ1) is 6.11. The van der Waals surface area contributed by atoms with Gasteiger partial charge >= 0.3 is 0 Å². The lowest BCUT2D eigenvalue weighted by molar-refractivity contribution is 0.111. The van der Waals surface area contributed by atoms with Gasteiger partial charge in [0, 0.05) is 0 Å². The fourth-order valence-electron chi connectivity index (χ4n) is 0.871. The third kappa shape index (κ3) is 1.55. The molecule has 0 unspecified atom stereocenters. The number of rotatable bonds is 2. The van der Waals surface area contributed by atoms with Gasteiger partial charge in [-0.15, -0.1) is 0 Å². The average molecular weight is 245 g/mol. The topological polar surface area (TPSA) is 74.6 Å². The van der Waals surface area contributed by atoms with Crippen LogP contribution in [0.3, 0.4) is 0 Å². The molecule has 0 saturated carbocycles. The fourth-order valence-corrected chi connectivity index (χ4v) is 1.33. The van der Waals surface area contributed by atoms with E-state index in [1.807, 2.05) is 0 Å². The number of phenols is 2. The maximum Gasteiger partial charge on any atom is 0.157 e. The van der Waals surface area contributed by atoms with Crippen LogP contribution < -0.4 is 0 Å². The van der Waals surface area contributed by atoms with Crippen molar-refractivity contribution in [3.05, 3.63) is 21.7 Å². The number of hydrogen-bond acceptors (Lipinski definition) is 4. The first kappa shape index (κ1) is 9.73. The molecule has 1 aromatic rings. The maximum atomic E-state index is 10.4. The minimum absolute atomic E-state index is 0.0493. The second-order valence-electron chi connectivity index (χ2n) is 2.29. The van der Waals surface area contributed by atoms with E-state index in [0.29, 0.717) is 6.29 Å². The smallest absolute Gasteiger partial charge is 0.157 e. The summed E-state index contributed by atoms with van der Waals surface area (Å²) < 4.78 is 0.189. The Morgan fingerprint density at radius 1 is 1.15 bits per heavy atom. The van der Waals surface area contributed by atoms with Crippen LogP contribution in [0.2, 0.25) is 0 Å². The second kappa shape index (κ2) is 3.57. The average Bonchev–Trinajstić information content (AvgIpc) is 2.12. The van der Waals surface area contributed by atoms with Crippen molar-refractivity contribution in [3.63, 3.8) is 0 Å². The third-order valence-electron chi connectivity index (χ3n) is 1.54. The van der Waals surface area contributed by atoms with Crippen molar-refractivity contribution in [1.29, 1.82) is 0 Å². The minimum Gasteiger partial charge on any atom is -0.506 e. The van der Waals surface area contributed by atoms with Gasteiger partial charge in [0.2, 0.25) is 0 Å². The van der Waals surface area contributed by atoms with Gasteiger partial charge in [-0.3, -0.25) is 9.59 Å². The molecule has 0 fully saturated rings. The van der Waals surface area contributed by atoms with Crippen LogP contribution in [-0.4, -0.2) is 22.8 Å². The number of hydrogen-bond donors (Lipinski definition) is 2. The highest BCUT2D eigenvalue weighted by molar-refractivity contribution is 9.10. The van der Waals surface area contributed by atoms with Crippen LogP contribution in [0.25, 0.3) is 0 Å². The first-order valence-corrected chi connectivity index (χ1v) is 4.06. The van der Waals surface area contributed by atoms with Gasteiger partial charge in [-0.1, -0.05) is 0 Å². The van der Waals surface area contributed by atoms with E-state index in [1.165, 1.54) is 6.07 Å². The molecule has 13 heavy (non-hydrogen) atoms. The second-order valence-corrected chi connectivity index (χ2v) is 3.15. The molecule has 5 heteroatoms. The Bertz CT molecular complexity index is 373. The molecule has 1 rings (SSSR count). The van der Waals surface area contributed by atoms with Gasteiger partial charge in [-0.25, -0.2) is 0 Å². The van der Waals surface area contributed by atoms with Crippen LogP contribution >= 0.6 is 15.9 Å². The van der Waals surface area contributed by atoms with Crippen molar-refractivity contribution < 1.29 is 19.8 Å². The van der Waals surface area contributed by atoms with Gasteiger partial charge in [-0.2, -0.15) is 0 Å². The molecular weight excluding hydrogens is 240 g/mol. The molecule has 0 atom stereocenters. The zero-order chi connectivity index (χ0) is 10.0. The molecule has 4 nitrogen and oxygen atoms in total. The van der Waals surface area contributed by atoms with Crippen molar-refractivity contribution in [2.75, 3.05) is 0 Å². The van der Waals surface area contributed by atoms with Crippen molar-refractivity contribution in [1.82, 2.24) is 0 Å². The van der Waals surface area contributed by atoms with Crippen molar-refractivity contribution in [3.8, 4) is 11.5 Å². The molecule has 0 amide bonds. The Labute approximate surface area is 81.9 Å². The standard InChI is InChI=1S/C8H5BrO4/c9-6-1-4(2-10)7(12)5(3-11)8(6)13/h1-3,12-13H. The number of phenolic OH excluding ortho intramolecular Hbond substituents is 2. The number of benzene rings is 1. The molecule has 68 valence electrons. The van der Waals surface area contributed by atoms with E-state index in [9.17, 15) is 19.8 Å². The normalized spacial score (nSPS) is 9.62. The summed E-state index contributed by atoms with van der Waals surface area (Å²) in [6, 6.07) is 1.23. The molecule has 0 spiro atoms. The first-order valence-electron chi connectivity index (χ1n) is 3.26. The van der Waals surface area contributed by atoms with Crippen molar-refractivity contribution >= 4 is 28.5 Å². The fraction of sp³-hybridized carbons (Fsp3) is 0. The van der Waals surface area contributed by atoms with E-state index < -0.39 is 5.75 Å². The molecule has 0 aliphatic carbocycles. The molecular formula is C8H5BrO4. The summed E-state index contributed by atoms with van der Waals surface area (Å²) in [7, 11) is 0. The van der Waals surface area contributed by atoms with Crippen LogP contribution in [-0.2, 0) is 0 Å². The molecule has 0 aliphatic rings. The summed E-state index contributed by atoms with van der Waals surface area (Å²) in [5.74, 6) is -0.885. The quantitative estimate of drug-likeness (QED) is 0.774. The molecule has 0 aliphatic heterocycles. The molecule has 0 saturated heterocycles. The third-order valence-corrected chi connectivity index (χ3v) is 2.14. The number of aldehydes is 2. The minimum atomic E-state index is -0.509. The Morgan fingerprint density at radius 3 is 2.23 bits per heavy atom. The largest absolute Gasteiger partial charge is 0.506 e. The van der Waals surface area contributed by atoms with Crippen molar-refractivity contribution in [2.24, 2.45) is 0 Å². The maximum absolute atomic E-state index is 10.4. The highest BCUT2D eigenvalue weighted by Gasteiger charge is 2.14. The summed E-state index contributed by atoms with van der Waals surface area (Å²) in [6.45, 7) is 0. The summed E-state index contributed by atoms with van der Waals surface area (Å²) in [4.78, 5) is 20.8. The number of carbonyl (C=O) groups excluding carboxylic acids is 2. The summed E-state index contributed by atoms with van der Waals surface area (Å²) >= 11 is 2.93. The lowest BCUT2D eigenvalue weighted by atomic mass is 10.1. The zero-order valence-corrected chi connectivity index (χ0v) is 7.91. The summed E-state index contributed by atoms with van der Waals surface area (Å²) in [5.41, 5.74) is -0.344. The Kier molecular flexibility index (Phi) is 2.67. The van der Waals surface area contributed by atoms with Gasteiger partial charge in [0.25, 0.3) is 0 Å². The molecule has 0 radical (unpaired) electrons. The lowest BCUT2D eigenvalue weighted by Crippen LogP contribution is -1.90. The molecule has 2 N–H and O–H groups in total. The molecule has 0 heterocycles. The van der Waals surface area contributed by atoms with Gasteiger partial charge in [0.15, 0.2) is 12.6 Å². The van der Waals surface area contributed by atoms with Crippen LogP contribution in [0.4, 0.5) is 0 Å². The predicted molar refractivity (Wildman–Crippen MR) is 48.2 cm³/mol. The number of carbonyl (C=O) groups is 2. The number of halogens is 1. The molecule has 0 bridgehead atoms. The van der Waals surface area contributed by atoms with E-state index in [4.69, 9.17) is 0 Å². The van der Waals surface area contributed by atoms with Gasteiger partial charge in [0.05, 0.1) is 15.6 Å². The van der Waals surface area contributed by atoms with E-state index >= 15 is 0 Å². The van der Waals surface area contributed by atoms with E-state index in [1.54, 1.807) is 0 Å². The van der Waals surface area contributed by atoms with E-state index in [2.05, 4.69) is 15.9 Å². The monoisotopic (exact) mass is 244 g/mol. The number of aromatic hydroxyl groups is 2. The highest BCUT2D eigenvalue weighted by Crippen LogP contribution is 2.35. The van der Waals surface area contributed by atoms with Crippen LogP contribution in [0.1, 0.15) is 20.7 Å². The van der Waals surface area contributed by atoms with E-state index in [0.717, 1.165) is 0 Å².